The molecule has 0 amide bonds. The van der Waals surface area contributed by atoms with Crippen LogP contribution in [-0.2, 0) is 0 Å². The van der Waals surface area contributed by atoms with Crippen molar-refractivity contribution in [1.82, 2.24) is 5.43 Å². The van der Waals surface area contributed by atoms with Crippen LogP contribution in [0.4, 0.5) is 0 Å². The Morgan fingerprint density at radius 2 is 1.62 bits per heavy atom. The van der Waals surface area contributed by atoms with Gasteiger partial charge in [-0.15, -0.1) is 0 Å². The zero-order valence-electron chi connectivity index (χ0n) is 9.97. The number of hydrogen-bond donors (Lipinski definition) is 1. The molecule has 3 nitrogen and oxygen atoms in total. The van der Waals surface area contributed by atoms with Crippen molar-refractivity contribution in [3.05, 3.63) is 0 Å². The molecule has 0 aromatic heterocycles. The third-order valence-corrected chi connectivity index (χ3v) is 3.78. The van der Waals surface area contributed by atoms with E-state index in [4.69, 9.17) is 0 Å². The smallest absolute Gasteiger partial charge is 0.140 e. The second-order valence-corrected chi connectivity index (χ2v) is 5.11. The Morgan fingerprint density at radius 1 is 1.00 bits per heavy atom. The SMILES string of the molecule is N#CC1(NN=C2CCCCC2)CCCCC1. The minimum atomic E-state index is -0.358. The summed E-state index contributed by atoms with van der Waals surface area (Å²) in [6, 6.07) is 2.44. The molecule has 3 heteroatoms. The Labute approximate surface area is 97.9 Å². The standard InChI is InChI=1S/C13H21N3/c14-11-13(9-5-2-6-10-13)16-15-12-7-3-1-4-8-12/h16H,1-10H2. The predicted octanol–water partition coefficient (Wildman–Crippen LogP) is 3.12. The predicted molar refractivity (Wildman–Crippen MR) is 65.1 cm³/mol. The van der Waals surface area contributed by atoms with Gasteiger partial charge in [-0.2, -0.15) is 10.4 Å². The average molecular weight is 219 g/mol. The fraction of sp³-hybridized carbons (Fsp3) is 0.846. The Balaban J connectivity index is 1.93. The molecule has 0 spiro atoms. The van der Waals surface area contributed by atoms with E-state index in [0.29, 0.717) is 0 Å². The highest BCUT2D eigenvalue weighted by molar-refractivity contribution is 5.84. The van der Waals surface area contributed by atoms with Gasteiger partial charge in [0, 0.05) is 5.71 Å². The van der Waals surface area contributed by atoms with Gasteiger partial charge in [-0.05, 0) is 51.4 Å². The first-order chi connectivity index (χ1) is 7.85. The summed E-state index contributed by atoms with van der Waals surface area (Å²) in [5, 5.41) is 13.8. The lowest BCUT2D eigenvalue weighted by molar-refractivity contribution is 0.302. The average Bonchev–Trinajstić information content (AvgIpc) is 2.39. The van der Waals surface area contributed by atoms with Gasteiger partial charge in [-0.1, -0.05) is 12.8 Å². The summed E-state index contributed by atoms with van der Waals surface area (Å²) in [7, 11) is 0. The highest BCUT2D eigenvalue weighted by Crippen LogP contribution is 2.27. The van der Waals surface area contributed by atoms with Crippen LogP contribution >= 0.6 is 0 Å². The summed E-state index contributed by atoms with van der Waals surface area (Å²) in [4.78, 5) is 0. The molecule has 2 aliphatic carbocycles. The van der Waals surface area contributed by atoms with E-state index in [1.165, 1.54) is 31.4 Å². The summed E-state index contributed by atoms with van der Waals surface area (Å²) in [6.07, 6.45) is 11.6. The van der Waals surface area contributed by atoms with E-state index in [1.54, 1.807) is 0 Å². The normalized spacial score (nSPS) is 24.6. The van der Waals surface area contributed by atoms with Crippen LogP contribution in [0.15, 0.2) is 5.10 Å². The molecule has 2 saturated carbocycles. The molecule has 0 bridgehead atoms. The van der Waals surface area contributed by atoms with Crippen LogP contribution in [-0.4, -0.2) is 11.3 Å². The van der Waals surface area contributed by atoms with E-state index in [9.17, 15) is 5.26 Å². The highest BCUT2D eigenvalue weighted by Gasteiger charge is 2.31. The summed E-state index contributed by atoms with van der Waals surface area (Å²) in [5.41, 5.74) is 4.09. The van der Waals surface area contributed by atoms with E-state index in [0.717, 1.165) is 38.5 Å². The van der Waals surface area contributed by atoms with Crippen molar-refractivity contribution in [3.8, 4) is 6.07 Å². The van der Waals surface area contributed by atoms with E-state index < -0.39 is 0 Å². The lowest BCUT2D eigenvalue weighted by Crippen LogP contribution is -2.43. The third-order valence-electron chi connectivity index (χ3n) is 3.78. The topological polar surface area (TPSA) is 48.2 Å². The van der Waals surface area contributed by atoms with Gasteiger partial charge in [0.1, 0.15) is 5.54 Å². The zero-order valence-corrected chi connectivity index (χ0v) is 9.97. The number of nitriles is 1. The number of nitrogens with zero attached hydrogens (tertiary/aromatic N) is 2. The van der Waals surface area contributed by atoms with Gasteiger partial charge in [0.25, 0.3) is 0 Å². The Kier molecular flexibility index (Phi) is 3.82. The minimum Gasteiger partial charge on any atom is -0.290 e. The van der Waals surface area contributed by atoms with Gasteiger partial charge in [-0.25, -0.2) is 0 Å². The molecule has 0 aromatic carbocycles. The summed E-state index contributed by atoms with van der Waals surface area (Å²) < 4.78 is 0. The van der Waals surface area contributed by atoms with Gasteiger partial charge in [-0.3, -0.25) is 5.43 Å². The first-order valence-electron chi connectivity index (χ1n) is 6.59. The maximum absolute atomic E-state index is 9.29. The van der Waals surface area contributed by atoms with Crippen LogP contribution in [0.5, 0.6) is 0 Å². The largest absolute Gasteiger partial charge is 0.290 e. The molecule has 2 aliphatic rings. The van der Waals surface area contributed by atoms with Crippen molar-refractivity contribution in [2.45, 2.75) is 69.7 Å². The van der Waals surface area contributed by atoms with E-state index in [2.05, 4.69) is 16.6 Å². The van der Waals surface area contributed by atoms with E-state index in [-0.39, 0.29) is 5.54 Å². The van der Waals surface area contributed by atoms with Crippen molar-refractivity contribution < 1.29 is 0 Å². The quantitative estimate of drug-likeness (QED) is 0.725. The van der Waals surface area contributed by atoms with Crippen LogP contribution in [0.2, 0.25) is 0 Å². The highest BCUT2D eigenvalue weighted by atomic mass is 15.3. The molecule has 0 saturated heterocycles. The van der Waals surface area contributed by atoms with Crippen molar-refractivity contribution >= 4 is 5.71 Å². The molecule has 16 heavy (non-hydrogen) atoms. The van der Waals surface area contributed by atoms with Gasteiger partial charge in [0.2, 0.25) is 0 Å². The molecule has 0 radical (unpaired) electrons. The van der Waals surface area contributed by atoms with Crippen molar-refractivity contribution in [2.75, 3.05) is 0 Å². The van der Waals surface area contributed by atoms with E-state index in [1.807, 2.05) is 0 Å². The Hall–Kier alpha value is -1.04. The van der Waals surface area contributed by atoms with Crippen LogP contribution < -0.4 is 5.43 Å². The maximum Gasteiger partial charge on any atom is 0.140 e. The maximum atomic E-state index is 9.29. The van der Waals surface area contributed by atoms with Gasteiger partial charge in [0.15, 0.2) is 0 Å². The summed E-state index contributed by atoms with van der Waals surface area (Å²) in [6.45, 7) is 0. The lowest BCUT2D eigenvalue weighted by Gasteiger charge is -2.30. The number of rotatable bonds is 2. The van der Waals surface area contributed by atoms with Crippen molar-refractivity contribution in [3.63, 3.8) is 0 Å². The molecule has 88 valence electrons. The fourth-order valence-corrected chi connectivity index (χ4v) is 2.66. The molecule has 0 heterocycles. The molecule has 0 atom stereocenters. The molecule has 1 N–H and O–H groups in total. The number of hydrazone groups is 1. The Morgan fingerprint density at radius 3 is 2.25 bits per heavy atom. The molecular formula is C13H21N3. The number of hydrogen-bond acceptors (Lipinski definition) is 3. The van der Waals surface area contributed by atoms with Gasteiger partial charge < -0.3 is 0 Å². The van der Waals surface area contributed by atoms with Gasteiger partial charge >= 0.3 is 0 Å². The summed E-state index contributed by atoms with van der Waals surface area (Å²) >= 11 is 0. The second-order valence-electron chi connectivity index (χ2n) is 5.11. The van der Waals surface area contributed by atoms with Crippen LogP contribution in [0, 0.1) is 11.3 Å². The Bertz CT molecular complexity index is 287. The molecule has 0 aliphatic heterocycles. The monoisotopic (exact) mass is 219 g/mol. The molecular weight excluding hydrogens is 198 g/mol. The molecule has 0 unspecified atom stereocenters. The summed E-state index contributed by atoms with van der Waals surface area (Å²) in [5.74, 6) is 0. The number of nitrogens with one attached hydrogen (secondary N) is 1. The minimum absolute atomic E-state index is 0.358. The fourth-order valence-electron chi connectivity index (χ4n) is 2.66. The second kappa shape index (κ2) is 5.34. The van der Waals surface area contributed by atoms with Crippen LogP contribution in [0.1, 0.15) is 64.2 Å². The zero-order chi connectivity index (χ0) is 11.3. The third kappa shape index (κ3) is 2.75. The van der Waals surface area contributed by atoms with Crippen LogP contribution in [0.25, 0.3) is 0 Å². The van der Waals surface area contributed by atoms with Crippen molar-refractivity contribution in [2.24, 2.45) is 5.10 Å². The molecule has 2 fully saturated rings. The van der Waals surface area contributed by atoms with E-state index >= 15 is 0 Å². The lowest BCUT2D eigenvalue weighted by atomic mass is 9.83. The first-order valence-corrected chi connectivity index (χ1v) is 6.59. The molecule has 0 aromatic rings. The van der Waals surface area contributed by atoms with Crippen LogP contribution in [0.3, 0.4) is 0 Å². The molecule has 2 rings (SSSR count). The van der Waals surface area contributed by atoms with Crippen molar-refractivity contribution in [1.29, 1.82) is 5.26 Å². The van der Waals surface area contributed by atoms with Gasteiger partial charge in [0.05, 0.1) is 6.07 Å². The first kappa shape index (κ1) is 11.4.